The average molecular weight is 395 g/mol. The summed E-state index contributed by atoms with van der Waals surface area (Å²) in [5.74, 6) is 0. The van der Waals surface area contributed by atoms with Crippen LogP contribution >= 0.6 is 34.3 Å². The molecule has 0 N–H and O–H groups in total. The molecule has 25 heavy (non-hydrogen) atoms. The summed E-state index contributed by atoms with van der Waals surface area (Å²) in [6, 6.07) is 5.71. The lowest BCUT2D eigenvalue weighted by Crippen LogP contribution is -2.36. The number of aryl methyl sites for hydroxylation is 1. The molecule has 3 aromatic rings. The van der Waals surface area contributed by atoms with Crippen LogP contribution in [0.15, 0.2) is 29.0 Å². The van der Waals surface area contributed by atoms with Crippen LogP contribution in [-0.4, -0.2) is 16.7 Å². The van der Waals surface area contributed by atoms with Crippen LogP contribution in [0.2, 0.25) is 5.15 Å². The van der Waals surface area contributed by atoms with E-state index in [4.69, 9.17) is 16.3 Å². The Balaban J connectivity index is 2.09. The van der Waals surface area contributed by atoms with Gasteiger partial charge in [-0.25, -0.2) is 9.78 Å². The number of thiophene rings is 2. The molecule has 0 unspecified atom stereocenters. The predicted octanol–water partition coefficient (Wildman–Crippen LogP) is 6.26. The molecule has 3 rings (SSSR count). The molecule has 0 aliphatic rings. The van der Waals surface area contributed by atoms with Crippen molar-refractivity contribution in [2.45, 2.75) is 39.8 Å². The fraction of sp³-hybridized carbons (Fsp3) is 0.333. The molecular formula is C18H19ClN2O2S2. The minimum atomic E-state index is -0.577. The number of halogens is 1. The Morgan fingerprint density at radius 1 is 1.36 bits per heavy atom. The minimum Gasteiger partial charge on any atom is -0.443 e. The number of rotatable bonds is 3. The lowest BCUT2D eigenvalue weighted by Gasteiger charge is -2.27. The third kappa shape index (κ3) is 4.14. The highest BCUT2D eigenvalue weighted by Crippen LogP contribution is 2.36. The highest BCUT2D eigenvalue weighted by Gasteiger charge is 2.26. The van der Waals surface area contributed by atoms with Gasteiger partial charge >= 0.3 is 6.09 Å². The van der Waals surface area contributed by atoms with E-state index in [1.807, 2.05) is 50.6 Å². The van der Waals surface area contributed by atoms with Gasteiger partial charge in [-0.1, -0.05) is 17.7 Å². The van der Waals surface area contributed by atoms with Crippen LogP contribution in [0.4, 0.5) is 10.5 Å². The molecule has 0 saturated heterocycles. The van der Waals surface area contributed by atoms with Gasteiger partial charge < -0.3 is 4.74 Å². The van der Waals surface area contributed by atoms with E-state index < -0.39 is 11.7 Å². The van der Waals surface area contributed by atoms with Crippen LogP contribution < -0.4 is 4.90 Å². The van der Waals surface area contributed by atoms with Crippen molar-refractivity contribution in [1.82, 2.24) is 4.98 Å². The van der Waals surface area contributed by atoms with Crippen molar-refractivity contribution in [2.24, 2.45) is 0 Å². The van der Waals surface area contributed by atoms with Gasteiger partial charge in [0.15, 0.2) is 0 Å². The molecular weight excluding hydrogens is 376 g/mol. The van der Waals surface area contributed by atoms with Gasteiger partial charge in [-0.2, -0.15) is 0 Å². The summed E-state index contributed by atoms with van der Waals surface area (Å²) in [6.45, 7) is 8.00. The van der Waals surface area contributed by atoms with E-state index in [0.717, 1.165) is 26.3 Å². The van der Waals surface area contributed by atoms with Crippen LogP contribution in [0, 0.1) is 6.92 Å². The number of anilines is 1. The standard InChI is InChI=1S/C18H19ClN2O2S2/c1-11-10-25-16-13(8-14(19)20-15(11)16)21(9-12-6-5-7-24-12)17(22)23-18(2,3)4/h5-8,10H,9H2,1-4H3. The molecule has 0 saturated carbocycles. The van der Waals surface area contributed by atoms with Crippen LogP contribution in [0.5, 0.6) is 0 Å². The number of nitrogens with zero attached hydrogens (tertiary/aromatic N) is 2. The van der Waals surface area contributed by atoms with Crippen molar-refractivity contribution in [3.05, 3.63) is 44.6 Å². The van der Waals surface area contributed by atoms with Gasteiger partial charge in [0.1, 0.15) is 10.8 Å². The average Bonchev–Trinajstić information content (AvgIpc) is 3.13. The zero-order valence-electron chi connectivity index (χ0n) is 14.5. The summed E-state index contributed by atoms with van der Waals surface area (Å²) < 4.78 is 6.57. The number of hydrogen-bond donors (Lipinski definition) is 0. The van der Waals surface area contributed by atoms with E-state index in [-0.39, 0.29) is 0 Å². The number of amides is 1. The van der Waals surface area contributed by atoms with Crippen LogP contribution in [0.1, 0.15) is 31.2 Å². The Labute approximate surface area is 160 Å². The maximum atomic E-state index is 12.9. The van der Waals surface area contributed by atoms with Gasteiger partial charge in [0.2, 0.25) is 0 Å². The summed E-state index contributed by atoms with van der Waals surface area (Å²) in [5.41, 5.74) is 2.03. The van der Waals surface area contributed by atoms with Crippen molar-refractivity contribution >= 4 is 56.3 Å². The molecule has 0 aromatic carbocycles. The van der Waals surface area contributed by atoms with Crippen molar-refractivity contribution in [1.29, 1.82) is 0 Å². The SMILES string of the molecule is Cc1csc2c(N(Cc3cccs3)C(=O)OC(C)(C)C)cc(Cl)nc12. The molecule has 3 heterocycles. The van der Waals surface area contributed by atoms with Crippen LogP contribution in [0.3, 0.4) is 0 Å². The molecule has 0 atom stereocenters. The van der Waals surface area contributed by atoms with Gasteiger partial charge in [0, 0.05) is 10.9 Å². The van der Waals surface area contributed by atoms with Crippen LogP contribution in [-0.2, 0) is 11.3 Å². The molecule has 132 valence electrons. The van der Waals surface area contributed by atoms with Crippen LogP contribution in [0.25, 0.3) is 10.2 Å². The lowest BCUT2D eigenvalue weighted by atomic mass is 10.2. The Bertz CT molecular complexity index is 898. The normalized spacial score (nSPS) is 11.7. The third-order valence-corrected chi connectivity index (χ3v) is 5.61. The molecule has 0 spiro atoms. The van der Waals surface area contributed by atoms with E-state index >= 15 is 0 Å². The van der Waals surface area contributed by atoms with E-state index in [9.17, 15) is 4.79 Å². The number of aromatic nitrogens is 1. The Hall–Kier alpha value is -1.63. The Kier molecular flexibility index (Phi) is 5.04. The van der Waals surface area contributed by atoms with Gasteiger partial charge in [-0.05, 0) is 50.1 Å². The number of fused-ring (bicyclic) bond motifs is 1. The topological polar surface area (TPSA) is 42.4 Å². The fourth-order valence-electron chi connectivity index (χ4n) is 2.40. The molecule has 3 aromatic heterocycles. The Morgan fingerprint density at radius 2 is 2.12 bits per heavy atom. The maximum Gasteiger partial charge on any atom is 0.415 e. The van der Waals surface area contributed by atoms with Gasteiger partial charge in [0.25, 0.3) is 0 Å². The number of hydrogen-bond acceptors (Lipinski definition) is 5. The molecule has 4 nitrogen and oxygen atoms in total. The zero-order chi connectivity index (χ0) is 18.2. The first-order valence-electron chi connectivity index (χ1n) is 7.82. The summed E-state index contributed by atoms with van der Waals surface area (Å²) in [6.07, 6.45) is -0.393. The molecule has 0 fully saturated rings. The van der Waals surface area contributed by atoms with E-state index in [2.05, 4.69) is 4.98 Å². The second kappa shape index (κ2) is 6.94. The largest absolute Gasteiger partial charge is 0.443 e. The molecule has 7 heteroatoms. The zero-order valence-corrected chi connectivity index (χ0v) is 16.9. The predicted molar refractivity (Wildman–Crippen MR) is 106 cm³/mol. The van der Waals surface area contributed by atoms with E-state index in [1.165, 1.54) is 0 Å². The van der Waals surface area contributed by atoms with Crippen molar-refractivity contribution in [2.75, 3.05) is 4.90 Å². The molecule has 0 aliphatic heterocycles. The first kappa shape index (κ1) is 18.2. The third-order valence-electron chi connectivity index (χ3n) is 3.45. The summed E-state index contributed by atoms with van der Waals surface area (Å²) >= 11 is 9.39. The first-order valence-corrected chi connectivity index (χ1v) is 9.95. The second-order valence-corrected chi connectivity index (χ2v) is 9.01. The number of carbonyl (C=O) groups is 1. The first-order chi connectivity index (χ1) is 11.7. The number of ether oxygens (including phenoxy) is 1. The monoisotopic (exact) mass is 394 g/mol. The summed E-state index contributed by atoms with van der Waals surface area (Å²) in [7, 11) is 0. The highest BCUT2D eigenvalue weighted by atomic mass is 35.5. The maximum absolute atomic E-state index is 12.9. The highest BCUT2D eigenvalue weighted by molar-refractivity contribution is 7.18. The summed E-state index contributed by atoms with van der Waals surface area (Å²) in [5, 5.41) is 4.38. The van der Waals surface area contributed by atoms with E-state index in [0.29, 0.717) is 11.7 Å². The van der Waals surface area contributed by atoms with Crippen molar-refractivity contribution in [3.63, 3.8) is 0 Å². The van der Waals surface area contributed by atoms with Gasteiger partial charge in [-0.3, -0.25) is 4.90 Å². The quantitative estimate of drug-likeness (QED) is 0.492. The lowest BCUT2D eigenvalue weighted by molar-refractivity contribution is 0.0578. The fourth-order valence-corrected chi connectivity index (χ4v) is 4.30. The second-order valence-electron chi connectivity index (χ2n) is 6.71. The van der Waals surface area contributed by atoms with Gasteiger partial charge in [0.05, 0.1) is 22.4 Å². The van der Waals surface area contributed by atoms with Gasteiger partial charge in [-0.15, -0.1) is 22.7 Å². The minimum absolute atomic E-state index is 0.365. The molecule has 0 aliphatic carbocycles. The molecule has 1 amide bonds. The van der Waals surface area contributed by atoms with Crippen molar-refractivity contribution in [3.8, 4) is 0 Å². The molecule has 0 radical (unpaired) electrons. The number of carbonyl (C=O) groups excluding carboxylic acids is 1. The van der Waals surface area contributed by atoms with E-state index in [1.54, 1.807) is 33.6 Å². The Morgan fingerprint density at radius 3 is 2.76 bits per heavy atom. The molecule has 0 bridgehead atoms. The summed E-state index contributed by atoms with van der Waals surface area (Å²) in [4.78, 5) is 20.0. The smallest absolute Gasteiger partial charge is 0.415 e. The number of pyridine rings is 1. The van der Waals surface area contributed by atoms with Crippen molar-refractivity contribution < 1.29 is 9.53 Å².